The highest BCUT2D eigenvalue weighted by Gasteiger charge is 2.25. The predicted octanol–water partition coefficient (Wildman–Crippen LogP) is 4.97. The van der Waals surface area contributed by atoms with Gasteiger partial charge in [0.1, 0.15) is 5.75 Å². The monoisotopic (exact) mass is 487 g/mol. The molecule has 1 saturated heterocycles. The Labute approximate surface area is 211 Å². The number of hydrogen-bond acceptors (Lipinski definition) is 5. The van der Waals surface area contributed by atoms with Crippen molar-refractivity contribution in [1.82, 2.24) is 9.80 Å². The lowest BCUT2D eigenvalue weighted by Gasteiger charge is -2.35. The number of benzene rings is 3. The minimum absolute atomic E-state index is 0.00562. The number of rotatable bonds is 6. The molecule has 3 aromatic rings. The predicted molar refractivity (Wildman–Crippen MR) is 140 cm³/mol. The van der Waals surface area contributed by atoms with Crippen LogP contribution in [0.4, 0.5) is 15.8 Å². The van der Waals surface area contributed by atoms with Crippen molar-refractivity contribution >= 4 is 23.4 Å². The van der Waals surface area contributed by atoms with Gasteiger partial charge in [0.15, 0.2) is 11.6 Å². The van der Waals surface area contributed by atoms with Crippen LogP contribution in [0.2, 0.25) is 0 Å². The van der Waals surface area contributed by atoms with Crippen LogP contribution >= 0.6 is 0 Å². The molecule has 2 heterocycles. The smallest absolute Gasteiger partial charge is 0.254 e. The molecule has 1 fully saturated rings. The molecule has 3 aromatic carbocycles. The van der Waals surface area contributed by atoms with Gasteiger partial charge in [-0.2, -0.15) is 0 Å². The fourth-order valence-corrected chi connectivity index (χ4v) is 4.88. The van der Waals surface area contributed by atoms with E-state index < -0.39 is 0 Å². The quantitative estimate of drug-likeness (QED) is 0.492. The van der Waals surface area contributed by atoms with Crippen LogP contribution in [-0.2, 0) is 6.54 Å². The van der Waals surface area contributed by atoms with E-state index in [1.165, 1.54) is 13.2 Å². The minimum atomic E-state index is -0.356. The first-order chi connectivity index (χ1) is 17.6. The number of hydrogen-bond donors (Lipinski definition) is 0. The molecule has 0 saturated carbocycles. The number of anilines is 2. The summed E-state index contributed by atoms with van der Waals surface area (Å²) < 4.78 is 24.7. The number of methoxy groups -OCH3 is 2. The van der Waals surface area contributed by atoms with Gasteiger partial charge < -0.3 is 19.3 Å². The molecule has 0 atom stereocenters. The summed E-state index contributed by atoms with van der Waals surface area (Å²) in [5.74, 6) is 0.557. The maximum atomic E-state index is 14.0. The molecule has 186 valence electrons. The van der Waals surface area contributed by atoms with Gasteiger partial charge in [0, 0.05) is 50.5 Å². The number of nitrogens with zero attached hydrogens (tertiary/aromatic N) is 3. The summed E-state index contributed by atoms with van der Waals surface area (Å²) in [6.07, 6.45) is 4.25. The van der Waals surface area contributed by atoms with Crippen LogP contribution in [0.15, 0.2) is 66.7 Å². The van der Waals surface area contributed by atoms with Gasteiger partial charge in [0.25, 0.3) is 5.91 Å². The molecule has 2 aliphatic rings. The number of carbonyl (C=O) groups is 1. The fourth-order valence-electron chi connectivity index (χ4n) is 4.88. The van der Waals surface area contributed by atoms with Crippen molar-refractivity contribution < 1.29 is 18.7 Å². The van der Waals surface area contributed by atoms with E-state index in [0.29, 0.717) is 30.9 Å². The third-order valence-corrected chi connectivity index (χ3v) is 6.81. The van der Waals surface area contributed by atoms with E-state index in [1.807, 2.05) is 41.3 Å². The molecule has 5 rings (SSSR count). The maximum Gasteiger partial charge on any atom is 0.254 e. The largest absolute Gasteiger partial charge is 0.495 e. The number of piperazine rings is 1. The third kappa shape index (κ3) is 4.79. The Morgan fingerprint density at radius 2 is 1.67 bits per heavy atom. The van der Waals surface area contributed by atoms with E-state index in [-0.39, 0.29) is 17.5 Å². The molecule has 0 aliphatic carbocycles. The van der Waals surface area contributed by atoms with Gasteiger partial charge in [-0.05, 0) is 47.5 Å². The first-order valence-electron chi connectivity index (χ1n) is 12.1. The highest BCUT2D eigenvalue weighted by atomic mass is 19.1. The topological polar surface area (TPSA) is 45.2 Å². The molecule has 0 unspecified atom stereocenters. The lowest BCUT2D eigenvalue weighted by molar-refractivity contribution is 0.0628. The summed E-state index contributed by atoms with van der Waals surface area (Å²) >= 11 is 0. The van der Waals surface area contributed by atoms with Crippen LogP contribution in [0.1, 0.15) is 21.5 Å². The van der Waals surface area contributed by atoms with Crippen LogP contribution in [0, 0.1) is 5.82 Å². The second-order valence-electron chi connectivity index (χ2n) is 9.00. The Bertz CT molecular complexity index is 1280. The second kappa shape index (κ2) is 10.4. The molecule has 6 nitrogen and oxygen atoms in total. The van der Waals surface area contributed by atoms with Gasteiger partial charge in [-0.3, -0.25) is 9.69 Å². The molecular weight excluding hydrogens is 457 g/mol. The summed E-state index contributed by atoms with van der Waals surface area (Å²) in [7, 11) is 3.10. The minimum Gasteiger partial charge on any atom is -0.495 e. The molecule has 0 bridgehead atoms. The molecule has 7 heteroatoms. The van der Waals surface area contributed by atoms with Crippen molar-refractivity contribution in [3.05, 3.63) is 89.2 Å². The van der Waals surface area contributed by atoms with Crippen molar-refractivity contribution in [2.75, 3.05) is 51.8 Å². The Morgan fingerprint density at radius 1 is 0.889 bits per heavy atom. The van der Waals surface area contributed by atoms with Gasteiger partial charge in [0.05, 0.1) is 19.9 Å². The number of ether oxygens (including phenoxy) is 2. The number of amides is 1. The molecule has 0 N–H and O–H groups in total. The number of fused-ring (bicyclic) bond motifs is 1. The molecule has 0 spiro atoms. The zero-order valence-electron chi connectivity index (χ0n) is 20.6. The Kier molecular flexibility index (Phi) is 6.91. The summed E-state index contributed by atoms with van der Waals surface area (Å²) in [4.78, 5) is 19.6. The molecule has 0 aromatic heterocycles. The van der Waals surface area contributed by atoms with Crippen LogP contribution in [-0.4, -0.2) is 62.7 Å². The van der Waals surface area contributed by atoms with Gasteiger partial charge in [0.2, 0.25) is 0 Å². The van der Waals surface area contributed by atoms with Crippen LogP contribution in [0.25, 0.3) is 6.08 Å². The second-order valence-corrected chi connectivity index (χ2v) is 9.00. The van der Waals surface area contributed by atoms with E-state index in [9.17, 15) is 9.18 Å². The number of para-hydroxylation sites is 1. The van der Waals surface area contributed by atoms with Crippen LogP contribution in [0.5, 0.6) is 11.5 Å². The molecular formula is C29H30FN3O3. The first-order valence-corrected chi connectivity index (χ1v) is 12.1. The van der Waals surface area contributed by atoms with Gasteiger partial charge >= 0.3 is 0 Å². The van der Waals surface area contributed by atoms with Crippen molar-refractivity contribution in [1.29, 1.82) is 0 Å². The van der Waals surface area contributed by atoms with Gasteiger partial charge in [-0.15, -0.1) is 0 Å². The fraction of sp³-hybridized carbons (Fsp3) is 0.276. The Morgan fingerprint density at radius 3 is 2.42 bits per heavy atom. The average Bonchev–Trinajstić information content (AvgIpc) is 2.92. The lowest BCUT2D eigenvalue weighted by Crippen LogP contribution is -2.48. The van der Waals surface area contributed by atoms with E-state index in [2.05, 4.69) is 34.1 Å². The standard InChI is InChI=1S/C29H30FN3O3/c1-35-27-12-9-21(18-24(27)30)20-31-14-16-32(17-15-31)29(34)23-10-11-26(28(19-23)36-2)33-13-5-7-22-6-3-4-8-25(22)33/h3-12,18-19H,13-17,20H2,1-2H3. The van der Waals surface area contributed by atoms with E-state index in [4.69, 9.17) is 9.47 Å². The molecule has 1 amide bonds. The van der Waals surface area contributed by atoms with Crippen LogP contribution in [0.3, 0.4) is 0 Å². The maximum absolute atomic E-state index is 14.0. The van der Waals surface area contributed by atoms with Gasteiger partial charge in [-0.25, -0.2) is 4.39 Å². The Balaban J connectivity index is 1.25. The zero-order valence-corrected chi connectivity index (χ0v) is 20.6. The van der Waals surface area contributed by atoms with E-state index in [0.717, 1.165) is 42.1 Å². The zero-order chi connectivity index (χ0) is 25.1. The highest BCUT2D eigenvalue weighted by molar-refractivity contribution is 5.96. The van der Waals surface area contributed by atoms with Crippen molar-refractivity contribution in [3.63, 3.8) is 0 Å². The Hall–Kier alpha value is -3.84. The summed E-state index contributed by atoms with van der Waals surface area (Å²) in [6.45, 7) is 4.06. The third-order valence-electron chi connectivity index (χ3n) is 6.81. The summed E-state index contributed by atoms with van der Waals surface area (Å²) in [5, 5.41) is 0. The SMILES string of the molecule is COc1ccc(CN2CCN(C(=O)c3ccc(N4CC=Cc5ccccc54)c(OC)c3)CC2)cc1F. The van der Waals surface area contributed by atoms with E-state index >= 15 is 0 Å². The van der Waals surface area contributed by atoms with Crippen molar-refractivity contribution in [3.8, 4) is 11.5 Å². The van der Waals surface area contributed by atoms with Gasteiger partial charge in [-0.1, -0.05) is 36.4 Å². The highest BCUT2D eigenvalue weighted by Crippen LogP contribution is 2.38. The lowest BCUT2D eigenvalue weighted by atomic mass is 10.1. The normalized spacial score (nSPS) is 15.5. The summed E-state index contributed by atoms with van der Waals surface area (Å²) in [6, 6.07) is 19.0. The first kappa shape index (κ1) is 23.9. The average molecular weight is 488 g/mol. The number of carbonyl (C=O) groups excluding carboxylic acids is 1. The molecule has 0 radical (unpaired) electrons. The molecule has 2 aliphatic heterocycles. The van der Waals surface area contributed by atoms with Crippen molar-refractivity contribution in [2.45, 2.75) is 6.54 Å². The number of halogens is 1. The van der Waals surface area contributed by atoms with Crippen LogP contribution < -0.4 is 14.4 Å². The summed E-state index contributed by atoms with van der Waals surface area (Å²) in [5.41, 5.74) is 4.71. The van der Waals surface area contributed by atoms with Crippen molar-refractivity contribution in [2.24, 2.45) is 0 Å². The molecule has 36 heavy (non-hydrogen) atoms. The van der Waals surface area contributed by atoms with E-state index in [1.54, 1.807) is 13.2 Å².